The van der Waals surface area contributed by atoms with Crippen LogP contribution in [0.5, 0.6) is 0 Å². The molecule has 0 bridgehead atoms. The van der Waals surface area contributed by atoms with Gasteiger partial charge in [0, 0.05) is 32.7 Å². The van der Waals surface area contributed by atoms with Crippen molar-refractivity contribution in [3.8, 4) is 0 Å². The van der Waals surface area contributed by atoms with Crippen molar-refractivity contribution in [1.82, 2.24) is 5.32 Å². The van der Waals surface area contributed by atoms with E-state index in [9.17, 15) is 4.79 Å². The standard InChI is InChI=1S/C24H26NO.Y/c1-16-17(2)21(20-15-11-10-14-19(16)20)23(3,4)22(26)25-24(5,6)18-12-8-7-9-13-18;/h1,7-15H,2-6H3,(H,25,26);/q-1;. The summed E-state index contributed by atoms with van der Waals surface area (Å²) in [6, 6.07) is 18.1. The molecule has 27 heavy (non-hydrogen) atoms. The van der Waals surface area contributed by atoms with Crippen molar-refractivity contribution in [2.24, 2.45) is 5.41 Å². The van der Waals surface area contributed by atoms with Crippen LogP contribution in [0.4, 0.5) is 0 Å². The molecule has 0 atom stereocenters. The van der Waals surface area contributed by atoms with E-state index in [1.54, 1.807) is 0 Å². The Hall–Kier alpha value is -1.51. The van der Waals surface area contributed by atoms with Crippen molar-refractivity contribution in [3.63, 3.8) is 0 Å². The second kappa shape index (κ2) is 7.85. The van der Waals surface area contributed by atoms with Crippen LogP contribution < -0.4 is 5.32 Å². The molecule has 2 aromatic carbocycles. The zero-order valence-corrected chi connectivity index (χ0v) is 19.6. The summed E-state index contributed by atoms with van der Waals surface area (Å²) in [7, 11) is 0. The van der Waals surface area contributed by atoms with Gasteiger partial charge in [-0.1, -0.05) is 66.6 Å². The van der Waals surface area contributed by atoms with E-state index < -0.39 is 11.0 Å². The molecular weight excluding hydrogens is 407 g/mol. The van der Waals surface area contributed by atoms with Gasteiger partial charge in [-0.25, -0.2) is 6.58 Å². The Balaban J connectivity index is 0.00000261. The number of carbonyl (C=O) groups is 1. The van der Waals surface area contributed by atoms with Gasteiger partial charge in [-0.05, 0) is 33.3 Å². The molecule has 0 aliphatic heterocycles. The van der Waals surface area contributed by atoms with Crippen molar-refractivity contribution < 1.29 is 37.5 Å². The maximum atomic E-state index is 13.3. The van der Waals surface area contributed by atoms with Crippen molar-refractivity contribution in [3.05, 3.63) is 83.4 Å². The smallest absolute Gasteiger partial charge is 0.229 e. The van der Waals surface area contributed by atoms with E-state index in [4.69, 9.17) is 6.58 Å². The first kappa shape index (κ1) is 21.8. The van der Waals surface area contributed by atoms with Gasteiger partial charge in [-0.15, -0.1) is 17.2 Å². The molecule has 1 radical (unpaired) electrons. The van der Waals surface area contributed by atoms with E-state index in [0.717, 1.165) is 33.4 Å². The van der Waals surface area contributed by atoms with Crippen LogP contribution in [-0.2, 0) is 43.0 Å². The predicted molar refractivity (Wildman–Crippen MR) is 108 cm³/mol. The minimum absolute atomic E-state index is 0. The van der Waals surface area contributed by atoms with Gasteiger partial charge in [-0.2, -0.15) is 5.57 Å². The number of allylic oxidation sites excluding steroid dienone is 2. The zero-order valence-electron chi connectivity index (χ0n) is 16.8. The minimum atomic E-state index is -0.701. The molecule has 2 aromatic rings. The third-order valence-electron chi connectivity index (χ3n) is 5.38. The summed E-state index contributed by atoms with van der Waals surface area (Å²) in [6.07, 6.45) is 0. The summed E-state index contributed by atoms with van der Waals surface area (Å²) in [6.45, 7) is 16.3. The minimum Gasteiger partial charge on any atom is -0.346 e. The SMILES string of the molecule is [CH-]=C1C(C)=C(C(C)(C)C(=O)NC(C)(C)c2ccccc2)c2ccccc21.[Y]. The first-order valence-electron chi connectivity index (χ1n) is 8.98. The Labute approximate surface area is 188 Å². The summed E-state index contributed by atoms with van der Waals surface area (Å²) >= 11 is 0. The Kier molecular flexibility index (Phi) is 6.34. The third-order valence-corrected chi connectivity index (χ3v) is 5.38. The van der Waals surface area contributed by atoms with Crippen LogP contribution in [0.15, 0.2) is 60.2 Å². The molecule has 1 N–H and O–H groups in total. The molecule has 0 fully saturated rings. The molecule has 137 valence electrons. The molecule has 0 spiro atoms. The van der Waals surface area contributed by atoms with E-state index >= 15 is 0 Å². The number of amides is 1. The first-order valence-corrected chi connectivity index (χ1v) is 8.98. The van der Waals surface area contributed by atoms with E-state index in [1.807, 2.05) is 89.2 Å². The molecule has 3 rings (SSSR count). The van der Waals surface area contributed by atoms with Gasteiger partial charge >= 0.3 is 0 Å². The van der Waals surface area contributed by atoms with Gasteiger partial charge in [0.1, 0.15) is 0 Å². The van der Waals surface area contributed by atoms with Crippen LogP contribution in [0.2, 0.25) is 0 Å². The molecule has 0 saturated heterocycles. The fourth-order valence-electron chi connectivity index (χ4n) is 3.76. The predicted octanol–water partition coefficient (Wildman–Crippen LogP) is 5.37. The summed E-state index contributed by atoms with van der Waals surface area (Å²) in [5.41, 5.74) is 4.75. The molecule has 1 aliphatic rings. The molecule has 3 heteroatoms. The number of hydrogen-bond acceptors (Lipinski definition) is 1. The number of hydrogen-bond donors (Lipinski definition) is 1. The number of fused-ring (bicyclic) bond motifs is 1. The van der Waals surface area contributed by atoms with Gasteiger partial charge in [0.05, 0.1) is 11.0 Å². The largest absolute Gasteiger partial charge is 0.346 e. The fourth-order valence-corrected chi connectivity index (χ4v) is 3.76. The Morgan fingerprint density at radius 1 is 0.889 bits per heavy atom. The van der Waals surface area contributed by atoms with E-state index in [-0.39, 0.29) is 38.6 Å². The monoisotopic (exact) mass is 433 g/mol. The molecule has 1 amide bonds. The average Bonchev–Trinajstić information content (AvgIpc) is 2.87. The van der Waals surface area contributed by atoms with Gasteiger partial charge < -0.3 is 5.32 Å². The molecule has 1 aliphatic carbocycles. The van der Waals surface area contributed by atoms with Crippen LogP contribution in [-0.4, -0.2) is 5.91 Å². The normalized spacial score (nSPS) is 13.9. The van der Waals surface area contributed by atoms with Crippen molar-refractivity contribution in [2.45, 2.75) is 40.2 Å². The molecular formula is C24H26NOY-. The molecule has 0 unspecified atom stereocenters. The van der Waals surface area contributed by atoms with Crippen LogP contribution >= 0.6 is 0 Å². The summed E-state index contributed by atoms with van der Waals surface area (Å²) in [5, 5.41) is 3.23. The molecule has 2 nitrogen and oxygen atoms in total. The first-order chi connectivity index (χ1) is 12.2. The molecule has 0 saturated carbocycles. The summed E-state index contributed by atoms with van der Waals surface area (Å²) in [4.78, 5) is 13.3. The zero-order chi connectivity index (χ0) is 19.1. The van der Waals surface area contributed by atoms with E-state index in [1.165, 1.54) is 0 Å². The van der Waals surface area contributed by atoms with Gasteiger partial charge in [-0.3, -0.25) is 4.79 Å². The van der Waals surface area contributed by atoms with Crippen molar-refractivity contribution in [2.75, 3.05) is 0 Å². The number of rotatable bonds is 4. The average molecular weight is 433 g/mol. The Bertz CT molecular complexity index is 907. The number of nitrogens with one attached hydrogen (secondary N) is 1. The van der Waals surface area contributed by atoms with Gasteiger partial charge in [0.15, 0.2) is 0 Å². The summed E-state index contributed by atoms with van der Waals surface area (Å²) < 4.78 is 0. The Morgan fingerprint density at radius 3 is 2.00 bits per heavy atom. The Morgan fingerprint density at radius 2 is 1.41 bits per heavy atom. The number of benzene rings is 2. The van der Waals surface area contributed by atoms with Gasteiger partial charge in [0.2, 0.25) is 5.91 Å². The maximum absolute atomic E-state index is 13.3. The van der Waals surface area contributed by atoms with Crippen LogP contribution in [0.3, 0.4) is 0 Å². The summed E-state index contributed by atoms with van der Waals surface area (Å²) in [5.74, 6) is -0.00907. The second-order valence-corrected chi connectivity index (χ2v) is 8.03. The van der Waals surface area contributed by atoms with Crippen LogP contribution in [0.25, 0.3) is 11.1 Å². The maximum Gasteiger partial charge on any atom is 0.229 e. The molecule has 0 heterocycles. The van der Waals surface area contributed by atoms with E-state index in [0.29, 0.717) is 0 Å². The van der Waals surface area contributed by atoms with Crippen molar-refractivity contribution >= 4 is 17.1 Å². The second-order valence-electron chi connectivity index (χ2n) is 8.03. The fraction of sp³-hybridized carbons (Fsp3) is 0.292. The third kappa shape index (κ3) is 3.88. The van der Waals surface area contributed by atoms with E-state index in [2.05, 4.69) is 5.32 Å². The van der Waals surface area contributed by atoms with Crippen molar-refractivity contribution in [1.29, 1.82) is 0 Å². The number of carbonyl (C=O) groups excluding carboxylic acids is 1. The van der Waals surface area contributed by atoms with Crippen LogP contribution in [0, 0.1) is 12.0 Å². The van der Waals surface area contributed by atoms with Gasteiger partial charge in [0.25, 0.3) is 0 Å². The quantitative estimate of drug-likeness (QED) is 0.646. The molecule has 0 aromatic heterocycles. The topological polar surface area (TPSA) is 29.1 Å². The van der Waals surface area contributed by atoms with Crippen LogP contribution in [0.1, 0.15) is 51.3 Å².